The molecule has 0 fully saturated rings. The fraction of sp³-hybridized carbons (Fsp3) is 0. The smallest absolute Gasteiger partial charge is 0.227 e. The van der Waals surface area contributed by atoms with Crippen LogP contribution >= 0.6 is 0 Å². The van der Waals surface area contributed by atoms with E-state index in [1.54, 1.807) is 0 Å². The summed E-state index contributed by atoms with van der Waals surface area (Å²) < 4.78 is 0. The van der Waals surface area contributed by atoms with Crippen molar-refractivity contribution >= 4 is 0 Å². The molecular formula is CH2N132. The Morgan fingerprint density at radius 3 is 0.165 bits per heavy atom. The minimum absolute atomic E-state index is 1.31. The Kier molecular flexibility index (Phi) is 84.1. The Balaban J connectivity index is 4.14. The normalized spacial score (nSPS) is 15.7. The number of hydrogen-bond acceptors (Lipinski definition) is 3. The first-order chi connectivity index (χ1) is 66.4. The van der Waals surface area contributed by atoms with Gasteiger partial charge in [-0.25, -0.2) is 0 Å². The van der Waals surface area contributed by atoms with E-state index < -0.39 is 0 Å². The predicted octanol–water partition coefficient (Wildman–Crippen LogP) is 23.3. The van der Waals surface area contributed by atoms with E-state index >= 15 is 0 Å². The average molecular weight is 1860 g/mol. The molecule has 133 heavy (non-hydrogen) atoms. The SMILES string of the molecule is N#CN=N/N=N/N=N/N=N/N=N/N=N/N=N/N=N/N=N/N=N/N=N/N=N/N=N/N=N/N=N/N=N/N=N/N=N/N=N/N=N/N=N/N=N/N=N/N=N/N=N/N=N/N=N/N=N/N=N/N=N/N=N/N=N/N=N/N=N/N=N/N=N/N=N/N=N/N=N/N=N/N=N/N=N/N=N/N=N/N=N/N=N/N=N/N=N/N=N/N=N/N=N/N=N/N=N/N=N/N=N/N=N/N=N/N=N/N=N/N=N/N=N/N=N/N=N/N=N/N=N/N. The molecule has 0 radical (unpaired) electrons. The van der Waals surface area contributed by atoms with E-state index in [-0.39, 0.29) is 0 Å². The third kappa shape index (κ3) is 105. The second-order valence-electron chi connectivity index (χ2n) is 11.8. The molecule has 0 aliphatic carbocycles. The van der Waals surface area contributed by atoms with E-state index in [4.69, 9.17) is 5.26 Å². The summed E-state index contributed by atoms with van der Waals surface area (Å²) in [5.74, 6) is 4.64. The van der Waals surface area contributed by atoms with Gasteiger partial charge in [0, 0.05) is 590 Å². The van der Waals surface area contributed by atoms with E-state index in [2.05, 4.69) is 685 Å². The molecule has 0 aromatic carbocycles. The lowest BCUT2D eigenvalue weighted by Crippen LogP contribution is -1.70. The van der Waals surface area contributed by atoms with E-state index in [9.17, 15) is 0 Å². The van der Waals surface area contributed by atoms with Crippen LogP contribution in [0.5, 0.6) is 0 Å². The number of rotatable bonds is 64. The number of nitrogens with two attached hydrogens (primary N) is 1. The van der Waals surface area contributed by atoms with E-state index in [0.29, 0.717) is 0 Å². The zero-order chi connectivity index (χ0) is 94.6. The van der Waals surface area contributed by atoms with Gasteiger partial charge in [-0.2, -0.15) is 5.26 Å². The summed E-state index contributed by atoms with van der Waals surface area (Å²) in [7, 11) is 0. The fourth-order valence-electron chi connectivity index (χ4n) is 2.32. The quantitative estimate of drug-likeness (QED) is 0.0269. The van der Waals surface area contributed by atoms with Crippen LogP contribution in [-0.2, 0) is 0 Å². The van der Waals surface area contributed by atoms with Gasteiger partial charge in [0.2, 0.25) is 6.19 Å². The van der Waals surface area contributed by atoms with Crippen LogP contribution in [0.25, 0.3) is 0 Å². The lowest BCUT2D eigenvalue weighted by Gasteiger charge is -1.71. The third-order valence-corrected chi connectivity index (χ3v) is 5.22. The Morgan fingerprint density at radius 1 is 0.0752 bits per heavy atom. The maximum Gasteiger partial charge on any atom is 0.227 e. The first-order valence-electron chi connectivity index (χ1n) is 26.5. The van der Waals surface area contributed by atoms with Gasteiger partial charge in [0.1, 0.15) is 0 Å². The van der Waals surface area contributed by atoms with Gasteiger partial charge in [0.05, 0.1) is 0 Å². The molecule has 0 bridgehead atoms. The summed E-state index contributed by atoms with van der Waals surface area (Å²) in [6.07, 6.45) is 1.31. The average Bonchev–Trinajstić information content (AvgIpc) is 1.11. The highest BCUT2D eigenvalue weighted by molar-refractivity contribution is 4.56. The molecule has 132 nitrogen and oxygen atoms in total. The molecule has 0 aliphatic rings. The summed E-state index contributed by atoms with van der Waals surface area (Å²) in [6, 6.07) is 0. The summed E-state index contributed by atoms with van der Waals surface area (Å²) >= 11 is 0. The predicted molar refractivity (Wildman–Crippen MR) is 325 cm³/mol. The van der Waals surface area contributed by atoms with Crippen LogP contribution in [0.4, 0.5) is 0 Å². The second-order valence-corrected chi connectivity index (χ2v) is 11.8. The Bertz CT molecular complexity index is 4910. The van der Waals surface area contributed by atoms with Crippen molar-refractivity contribution in [2.24, 2.45) is 685 Å². The molecular weight excluding hydrogens is 1860 g/mol. The lowest BCUT2D eigenvalue weighted by molar-refractivity contribution is 0.722. The monoisotopic (exact) mass is 1860 g/mol. The van der Waals surface area contributed by atoms with Crippen LogP contribution in [0.3, 0.4) is 0 Å². The van der Waals surface area contributed by atoms with Crippen molar-refractivity contribution in [3.63, 3.8) is 0 Å². The zero-order valence-electron chi connectivity index (χ0n) is 59.7. The van der Waals surface area contributed by atoms with E-state index in [1.807, 2.05) is 0 Å². The molecule has 666 valence electrons. The minimum Gasteiger partial charge on any atom is -0.303 e. The zero-order valence-corrected chi connectivity index (χ0v) is 59.7. The molecule has 0 aliphatic heterocycles. The Morgan fingerprint density at radius 2 is 0.120 bits per heavy atom. The molecule has 0 aromatic rings. The fourth-order valence-corrected chi connectivity index (χ4v) is 2.32. The van der Waals surface area contributed by atoms with Crippen LogP contribution in [0, 0.1) is 11.5 Å². The van der Waals surface area contributed by atoms with Crippen molar-refractivity contribution in [3.05, 3.63) is 0 Å². The first-order valence-corrected chi connectivity index (χ1v) is 26.5. The molecule has 132 heteroatoms. The molecule has 0 aromatic heterocycles. The largest absolute Gasteiger partial charge is 0.303 e. The van der Waals surface area contributed by atoms with Crippen molar-refractivity contribution in [2.45, 2.75) is 0 Å². The molecule has 0 atom stereocenters. The molecule has 0 unspecified atom stereocenters. The van der Waals surface area contributed by atoms with E-state index in [1.165, 1.54) is 6.19 Å². The van der Waals surface area contributed by atoms with Gasteiger partial charge in [-0.05, 0) is 83.5 Å². The van der Waals surface area contributed by atoms with Crippen LogP contribution in [0.1, 0.15) is 0 Å². The van der Waals surface area contributed by atoms with Crippen LogP contribution in [-0.4, -0.2) is 0 Å². The highest BCUT2D eigenvalue weighted by atomic mass is 15.8. The summed E-state index contributed by atoms with van der Waals surface area (Å²) in [4.78, 5) is 0. The highest BCUT2D eigenvalue weighted by Gasteiger charge is 1.83. The summed E-state index contributed by atoms with van der Waals surface area (Å²) in [5, 5.41) is 397. The van der Waals surface area contributed by atoms with Gasteiger partial charge < -0.3 is 5.84 Å². The Hall–Kier alpha value is -26.7. The standard InChI is InChI=1S/CH2N132/c2-1-4-6-8-10-12-14-16-18-20-22-24-26-28-30-32-34-36-38-40-42-44-46-48-50-52-54-56-58-60-62-64-66-68-70-72-74-76-78-80-82-84-86-88-90-92-94-96-98-100-102-104-106-108-110-112-114-116-118-120-122-124-126-128-130-132-133-131-129-127-125-123-121-119-117-115-113-111-109-107-105-103-101-99-97-95-93-91-89-87-85-83-81-79-77-75-73-71-69-67-65-63-61-59-57-55-53-51-49-47-45-43-41-39-37-35-33-31-29-27-25-23-21-19-17-15-13-11-9-7-5-3/h(H2,3,4,7,8,11,12,15,16,19,20,23,24,27,28,31,32,35,36,39,40,43,44,47,48,51,52,55,56,59,60,63,64,67,68,71,72,75,76,79,80,83,84,87,88,91,92,95,96,99,100,103,104,107,108,111,112,115,116,119,120,123,124,127,128,131,132). The molecule has 0 saturated carbocycles. The topological polar surface area (TPSA) is 1660 Å². The number of nitriles is 1. The van der Waals surface area contributed by atoms with Crippen LogP contribution in [0.2, 0.25) is 0 Å². The molecule has 0 heterocycles. The highest BCUT2D eigenvalue weighted by Crippen LogP contribution is 2.02. The molecule has 2 N–H and O–H groups in total. The van der Waals surface area contributed by atoms with Crippen molar-refractivity contribution in [1.82, 2.24) is 0 Å². The molecule has 0 amide bonds. The lowest BCUT2D eigenvalue weighted by atomic mass is 11.5. The van der Waals surface area contributed by atoms with Crippen molar-refractivity contribution in [1.29, 1.82) is 5.26 Å². The number of nitrogens with zero attached hydrogens (tertiary/aromatic N) is 131. The van der Waals surface area contributed by atoms with Crippen LogP contribution < -0.4 is 5.84 Å². The Labute approximate surface area is 696 Å². The van der Waals surface area contributed by atoms with Crippen LogP contribution in [0.15, 0.2) is 679 Å². The summed E-state index contributed by atoms with van der Waals surface area (Å²) in [6.45, 7) is 0. The number of hydrogen-bond donors (Lipinski definition) is 1. The van der Waals surface area contributed by atoms with Gasteiger partial charge in [0.25, 0.3) is 0 Å². The molecule has 0 spiro atoms. The maximum atomic E-state index is 8.04. The maximum absolute atomic E-state index is 8.04. The van der Waals surface area contributed by atoms with Gasteiger partial charge >= 0.3 is 0 Å². The van der Waals surface area contributed by atoms with Gasteiger partial charge in [-0.1, -0.05) is 5.22 Å². The summed E-state index contributed by atoms with van der Waals surface area (Å²) in [5.41, 5.74) is 0. The first kappa shape index (κ1) is 106. The van der Waals surface area contributed by atoms with E-state index in [0.717, 1.165) is 0 Å². The van der Waals surface area contributed by atoms with Gasteiger partial charge in [-0.3, -0.25) is 0 Å². The van der Waals surface area contributed by atoms with Gasteiger partial charge in [0.15, 0.2) is 0 Å². The van der Waals surface area contributed by atoms with Crippen molar-refractivity contribution in [2.75, 3.05) is 0 Å². The van der Waals surface area contributed by atoms with Crippen molar-refractivity contribution < 1.29 is 0 Å². The third-order valence-electron chi connectivity index (χ3n) is 5.22. The minimum atomic E-state index is 1.31. The molecule has 0 saturated heterocycles. The second kappa shape index (κ2) is 105. The van der Waals surface area contributed by atoms with Gasteiger partial charge in [-0.15, -0.1) is 0 Å². The van der Waals surface area contributed by atoms with Crippen molar-refractivity contribution in [3.8, 4) is 6.19 Å². The molecule has 0 rings (SSSR count).